The highest BCUT2D eigenvalue weighted by atomic mass is 16.2. The first-order valence-corrected chi connectivity index (χ1v) is 9.39. The van der Waals surface area contributed by atoms with Crippen LogP contribution in [0.4, 0.5) is 0 Å². The van der Waals surface area contributed by atoms with Crippen molar-refractivity contribution in [2.45, 2.75) is 19.9 Å². The van der Waals surface area contributed by atoms with Crippen LogP contribution in [0.25, 0.3) is 0 Å². The number of piperidine rings is 1. The molecule has 1 amide bonds. The first kappa shape index (κ1) is 16.0. The molecule has 1 aliphatic carbocycles. The maximum Gasteiger partial charge on any atom is 0.226 e. The van der Waals surface area contributed by atoms with Crippen LogP contribution in [0.5, 0.6) is 0 Å². The van der Waals surface area contributed by atoms with Gasteiger partial charge in [0, 0.05) is 57.9 Å². The van der Waals surface area contributed by atoms with Crippen LogP contribution in [-0.4, -0.2) is 71.4 Å². The normalized spacial score (nSPS) is 30.4. The van der Waals surface area contributed by atoms with Crippen molar-refractivity contribution in [1.29, 1.82) is 0 Å². The minimum Gasteiger partial charge on any atom is -0.340 e. The predicted octanol–water partition coefficient (Wildman–Crippen LogP) is 1.31. The summed E-state index contributed by atoms with van der Waals surface area (Å²) in [6.45, 7) is 10.4. The van der Waals surface area contributed by atoms with Gasteiger partial charge in [-0.2, -0.15) is 0 Å². The summed E-state index contributed by atoms with van der Waals surface area (Å²) in [5.41, 5.74) is 1.13. The molecule has 0 radical (unpaired) electrons. The molecular formula is C19H28N4O. The summed E-state index contributed by atoms with van der Waals surface area (Å²) < 4.78 is 0. The Bertz CT molecular complexity index is 558. The highest BCUT2D eigenvalue weighted by Crippen LogP contribution is 2.52. The van der Waals surface area contributed by atoms with E-state index in [1.165, 1.54) is 13.0 Å². The van der Waals surface area contributed by atoms with Gasteiger partial charge in [-0.25, -0.2) is 0 Å². The van der Waals surface area contributed by atoms with Crippen molar-refractivity contribution < 1.29 is 4.79 Å². The maximum atomic E-state index is 12.8. The van der Waals surface area contributed by atoms with Crippen molar-refractivity contribution in [3.05, 3.63) is 30.1 Å². The molecule has 130 valence electrons. The van der Waals surface area contributed by atoms with E-state index in [4.69, 9.17) is 0 Å². The van der Waals surface area contributed by atoms with Crippen LogP contribution in [0.1, 0.15) is 19.0 Å². The molecule has 24 heavy (non-hydrogen) atoms. The lowest BCUT2D eigenvalue weighted by atomic mass is 10.2. The Balaban J connectivity index is 1.24. The van der Waals surface area contributed by atoms with E-state index in [9.17, 15) is 4.79 Å². The second-order valence-electron chi connectivity index (χ2n) is 7.54. The monoisotopic (exact) mass is 328 g/mol. The van der Waals surface area contributed by atoms with Crippen molar-refractivity contribution in [2.75, 3.05) is 45.8 Å². The minimum atomic E-state index is 0.308. The third-order valence-corrected chi connectivity index (χ3v) is 5.89. The highest BCUT2D eigenvalue weighted by molar-refractivity contribution is 5.82. The molecule has 4 rings (SSSR count). The lowest BCUT2D eigenvalue weighted by Crippen LogP contribution is -2.49. The van der Waals surface area contributed by atoms with E-state index in [-0.39, 0.29) is 0 Å². The van der Waals surface area contributed by atoms with Crippen LogP contribution < -0.4 is 0 Å². The molecular weight excluding hydrogens is 300 g/mol. The quantitative estimate of drug-likeness (QED) is 0.817. The second kappa shape index (κ2) is 6.81. The van der Waals surface area contributed by atoms with Gasteiger partial charge in [0.05, 0.1) is 5.69 Å². The molecule has 2 saturated heterocycles. The van der Waals surface area contributed by atoms with Crippen LogP contribution in [0.2, 0.25) is 0 Å². The molecule has 0 N–H and O–H groups in total. The summed E-state index contributed by atoms with van der Waals surface area (Å²) in [6, 6.07) is 6.09. The summed E-state index contributed by atoms with van der Waals surface area (Å²) >= 11 is 0. The Hall–Kier alpha value is -1.46. The highest BCUT2D eigenvalue weighted by Gasteiger charge is 2.60. The van der Waals surface area contributed by atoms with E-state index >= 15 is 0 Å². The fraction of sp³-hybridized carbons (Fsp3) is 0.684. The molecule has 3 aliphatic rings. The van der Waals surface area contributed by atoms with Crippen LogP contribution in [0.15, 0.2) is 24.4 Å². The van der Waals surface area contributed by atoms with Gasteiger partial charge in [-0.1, -0.05) is 13.0 Å². The number of hydrogen-bond acceptors (Lipinski definition) is 4. The van der Waals surface area contributed by atoms with Crippen molar-refractivity contribution in [3.63, 3.8) is 0 Å². The van der Waals surface area contributed by atoms with Gasteiger partial charge >= 0.3 is 0 Å². The van der Waals surface area contributed by atoms with Gasteiger partial charge in [0.15, 0.2) is 0 Å². The first-order chi connectivity index (χ1) is 11.8. The Morgan fingerprint density at radius 2 is 1.88 bits per heavy atom. The van der Waals surface area contributed by atoms with E-state index in [2.05, 4.69) is 32.7 Å². The van der Waals surface area contributed by atoms with Gasteiger partial charge in [0.25, 0.3) is 0 Å². The molecule has 1 aromatic heterocycles. The van der Waals surface area contributed by atoms with Gasteiger partial charge in [-0.05, 0) is 36.9 Å². The Morgan fingerprint density at radius 1 is 1.12 bits per heavy atom. The third-order valence-electron chi connectivity index (χ3n) is 5.89. The molecule has 2 unspecified atom stereocenters. The maximum absolute atomic E-state index is 12.8. The number of carbonyl (C=O) groups is 1. The number of piperazine rings is 1. The number of carbonyl (C=O) groups excluding carboxylic acids is 1. The van der Waals surface area contributed by atoms with E-state index in [1.54, 1.807) is 0 Å². The zero-order valence-corrected chi connectivity index (χ0v) is 14.6. The fourth-order valence-electron chi connectivity index (χ4n) is 4.55. The number of fused-ring (bicyclic) bond motifs is 1. The molecule has 0 bridgehead atoms. The Labute approximate surface area is 144 Å². The average Bonchev–Trinajstić information content (AvgIpc) is 3.11. The zero-order chi connectivity index (χ0) is 16.5. The van der Waals surface area contributed by atoms with Crippen LogP contribution in [0.3, 0.4) is 0 Å². The van der Waals surface area contributed by atoms with Gasteiger partial charge in [-0.3, -0.25) is 19.6 Å². The number of amides is 1. The van der Waals surface area contributed by atoms with E-state index < -0.39 is 0 Å². The smallest absolute Gasteiger partial charge is 0.226 e. The largest absolute Gasteiger partial charge is 0.340 e. The van der Waals surface area contributed by atoms with E-state index in [0.29, 0.717) is 23.7 Å². The second-order valence-corrected chi connectivity index (χ2v) is 7.54. The summed E-state index contributed by atoms with van der Waals surface area (Å²) in [6.07, 6.45) is 3.06. The molecule has 3 fully saturated rings. The third kappa shape index (κ3) is 3.20. The Kier molecular flexibility index (Phi) is 4.55. The standard InChI is InChI=1S/C19H28N4O/c1-2-7-21-8-10-23(11-9-21)19(24)18-16-13-22(14-17(16)18)12-15-5-3-4-6-20-15/h3-6,16-18H,2,7-14H2,1H3. The number of pyridine rings is 1. The molecule has 1 saturated carbocycles. The van der Waals surface area contributed by atoms with E-state index in [0.717, 1.165) is 51.5 Å². The lowest BCUT2D eigenvalue weighted by molar-refractivity contribution is -0.135. The first-order valence-electron chi connectivity index (χ1n) is 9.39. The van der Waals surface area contributed by atoms with Crippen molar-refractivity contribution in [3.8, 4) is 0 Å². The minimum absolute atomic E-state index is 0.308. The lowest BCUT2D eigenvalue weighted by Gasteiger charge is -2.35. The molecule has 2 aliphatic heterocycles. The molecule has 3 heterocycles. The van der Waals surface area contributed by atoms with Gasteiger partial charge in [0.2, 0.25) is 5.91 Å². The average molecular weight is 328 g/mol. The van der Waals surface area contributed by atoms with Crippen molar-refractivity contribution in [1.82, 2.24) is 19.7 Å². The molecule has 5 heteroatoms. The number of hydrogen-bond donors (Lipinski definition) is 0. The summed E-state index contributed by atoms with van der Waals surface area (Å²) in [5.74, 6) is 1.92. The molecule has 1 aromatic rings. The fourth-order valence-corrected chi connectivity index (χ4v) is 4.55. The summed E-state index contributed by atoms with van der Waals surface area (Å²) in [4.78, 5) is 24.3. The van der Waals surface area contributed by atoms with Crippen molar-refractivity contribution >= 4 is 5.91 Å². The molecule has 0 aromatic carbocycles. The van der Waals surface area contributed by atoms with E-state index in [1.807, 2.05) is 18.3 Å². The Morgan fingerprint density at radius 3 is 2.50 bits per heavy atom. The predicted molar refractivity (Wildman–Crippen MR) is 93.3 cm³/mol. The molecule has 2 atom stereocenters. The van der Waals surface area contributed by atoms with Gasteiger partial charge in [0.1, 0.15) is 0 Å². The van der Waals surface area contributed by atoms with Crippen molar-refractivity contribution in [2.24, 2.45) is 17.8 Å². The zero-order valence-electron chi connectivity index (χ0n) is 14.6. The van der Waals surface area contributed by atoms with Gasteiger partial charge in [-0.15, -0.1) is 0 Å². The number of nitrogens with zero attached hydrogens (tertiary/aromatic N) is 4. The van der Waals surface area contributed by atoms with Crippen LogP contribution in [0, 0.1) is 17.8 Å². The molecule has 0 spiro atoms. The number of rotatable bonds is 5. The SMILES string of the molecule is CCCN1CCN(C(=O)C2C3CN(Cc4ccccn4)CC32)CC1. The van der Waals surface area contributed by atoms with Gasteiger partial charge < -0.3 is 4.90 Å². The molecule has 5 nitrogen and oxygen atoms in total. The summed E-state index contributed by atoms with van der Waals surface area (Å²) in [7, 11) is 0. The number of aromatic nitrogens is 1. The number of likely N-dealkylation sites (tertiary alicyclic amines) is 1. The topological polar surface area (TPSA) is 39.7 Å². The summed E-state index contributed by atoms with van der Waals surface area (Å²) in [5, 5.41) is 0. The van der Waals surface area contributed by atoms with Crippen LogP contribution in [-0.2, 0) is 11.3 Å². The van der Waals surface area contributed by atoms with Crippen LogP contribution >= 0.6 is 0 Å².